The summed E-state index contributed by atoms with van der Waals surface area (Å²) in [4.78, 5) is 27.6. The van der Waals surface area contributed by atoms with Crippen LogP contribution in [0.1, 0.15) is 18.4 Å². The minimum atomic E-state index is -0.825. The highest BCUT2D eigenvalue weighted by Crippen LogP contribution is 2.17. The van der Waals surface area contributed by atoms with Crippen LogP contribution in [-0.4, -0.2) is 55.7 Å². The van der Waals surface area contributed by atoms with Gasteiger partial charge in [0.1, 0.15) is 6.04 Å². The van der Waals surface area contributed by atoms with Crippen molar-refractivity contribution in [3.63, 3.8) is 0 Å². The van der Waals surface area contributed by atoms with Crippen molar-refractivity contribution in [2.24, 2.45) is 5.73 Å². The molecule has 35 heavy (non-hydrogen) atoms. The third-order valence-corrected chi connectivity index (χ3v) is 5.78. The van der Waals surface area contributed by atoms with Gasteiger partial charge in [0.05, 0.1) is 6.10 Å². The van der Waals surface area contributed by atoms with Crippen molar-refractivity contribution in [3.8, 4) is 0 Å². The maximum atomic E-state index is 12.8. The molecule has 0 saturated heterocycles. The van der Waals surface area contributed by atoms with Gasteiger partial charge in [0.15, 0.2) is 0 Å². The van der Waals surface area contributed by atoms with Crippen LogP contribution >= 0.6 is 12.4 Å². The van der Waals surface area contributed by atoms with Gasteiger partial charge >= 0.3 is 0 Å². The number of carbonyl (C=O) groups is 2. The van der Waals surface area contributed by atoms with E-state index in [1.54, 1.807) is 0 Å². The number of nitrogens with one attached hydrogen (secondary N) is 2. The van der Waals surface area contributed by atoms with E-state index in [1.807, 2.05) is 79.8 Å². The predicted molar refractivity (Wildman–Crippen MR) is 144 cm³/mol. The lowest BCUT2D eigenvalue weighted by molar-refractivity contribution is -0.129. The first-order valence-corrected chi connectivity index (χ1v) is 11.7. The largest absolute Gasteiger partial charge is 0.390 e. The molecule has 0 aliphatic rings. The molecule has 0 spiro atoms. The van der Waals surface area contributed by atoms with Crippen LogP contribution in [0.2, 0.25) is 0 Å². The average Bonchev–Trinajstić information content (AvgIpc) is 2.87. The number of carbonyl (C=O) groups excluding carboxylic acids is 2. The molecular formula is C27H35ClN4O3. The molecule has 3 aromatic rings. The first-order valence-electron chi connectivity index (χ1n) is 11.7. The van der Waals surface area contributed by atoms with E-state index in [1.165, 1.54) is 0 Å². The van der Waals surface area contributed by atoms with E-state index in [9.17, 15) is 14.7 Å². The normalized spacial score (nSPS) is 12.3. The smallest absolute Gasteiger partial charge is 0.243 e. The number of nitrogens with two attached hydrogens (primary N) is 1. The number of hydrogen-bond donors (Lipinski definition) is 4. The third kappa shape index (κ3) is 8.87. The fourth-order valence-electron chi connectivity index (χ4n) is 3.79. The Labute approximate surface area is 213 Å². The molecule has 0 aliphatic carbocycles. The number of halogens is 1. The zero-order valence-electron chi connectivity index (χ0n) is 20.0. The number of fused-ring (bicyclic) bond motifs is 1. The first-order chi connectivity index (χ1) is 16.5. The van der Waals surface area contributed by atoms with Gasteiger partial charge in [0.25, 0.3) is 0 Å². The van der Waals surface area contributed by atoms with E-state index in [-0.39, 0.29) is 37.3 Å². The number of hydrogen-bond acceptors (Lipinski definition) is 5. The minimum absolute atomic E-state index is 0. The molecule has 2 amide bonds. The summed E-state index contributed by atoms with van der Waals surface area (Å²) in [5.41, 5.74) is 7.48. The summed E-state index contributed by atoms with van der Waals surface area (Å²) < 4.78 is 0. The molecule has 0 bridgehead atoms. The second kappa shape index (κ2) is 14.3. The van der Waals surface area contributed by atoms with E-state index in [0.717, 1.165) is 28.6 Å². The highest BCUT2D eigenvalue weighted by molar-refractivity contribution is 5.88. The Hall–Kier alpha value is -3.13. The van der Waals surface area contributed by atoms with Crippen molar-refractivity contribution in [3.05, 3.63) is 78.4 Å². The number of benzene rings is 3. The summed E-state index contributed by atoms with van der Waals surface area (Å²) in [6.45, 7) is 0.819. The van der Waals surface area contributed by atoms with Gasteiger partial charge in [0.2, 0.25) is 11.8 Å². The summed E-state index contributed by atoms with van der Waals surface area (Å²) in [5.74, 6) is -0.516. The molecule has 0 radical (unpaired) electrons. The number of aliphatic hydroxyl groups is 1. The quantitative estimate of drug-likeness (QED) is 0.307. The molecule has 188 valence electrons. The maximum absolute atomic E-state index is 12.8. The van der Waals surface area contributed by atoms with E-state index < -0.39 is 12.1 Å². The minimum Gasteiger partial charge on any atom is -0.390 e. The lowest BCUT2D eigenvalue weighted by atomic mass is 10.0. The molecule has 5 N–H and O–H groups in total. The average molecular weight is 499 g/mol. The van der Waals surface area contributed by atoms with Crippen LogP contribution in [0.3, 0.4) is 0 Å². The predicted octanol–water partition coefficient (Wildman–Crippen LogP) is 2.64. The topological polar surface area (TPSA) is 108 Å². The van der Waals surface area contributed by atoms with Crippen LogP contribution in [-0.2, 0) is 16.0 Å². The van der Waals surface area contributed by atoms with E-state index in [0.29, 0.717) is 19.3 Å². The Kier molecular flexibility index (Phi) is 11.5. The molecule has 3 rings (SSSR count). The monoisotopic (exact) mass is 498 g/mol. The SMILES string of the molecule is CN(CCCC(=O)N[C@H](Cc1ccc2ccccc2c1)C(=O)NCC(O)CN)c1ccccc1.Cl. The van der Waals surface area contributed by atoms with Gasteiger partial charge < -0.3 is 26.4 Å². The van der Waals surface area contributed by atoms with Crippen LogP contribution in [0.15, 0.2) is 72.8 Å². The second-order valence-electron chi connectivity index (χ2n) is 8.50. The molecule has 0 heterocycles. The Morgan fingerprint density at radius 2 is 1.69 bits per heavy atom. The van der Waals surface area contributed by atoms with Crippen LogP contribution in [0.4, 0.5) is 5.69 Å². The summed E-state index contributed by atoms with van der Waals surface area (Å²) in [6.07, 6.45) is 0.497. The molecule has 3 aromatic carbocycles. The molecule has 1 unspecified atom stereocenters. The molecule has 7 nitrogen and oxygen atoms in total. The number of rotatable bonds is 12. The zero-order valence-corrected chi connectivity index (χ0v) is 20.8. The van der Waals surface area contributed by atoms with Crippen LogP contribution < -0.4 is 21.3 Å². The molecule has 2 atom stereocenters. The third-order valence-electron chi connectivity index (χ3n) is 5.78. The van der Waals surface area contributed by atoms with Crippen LogP contribution in [0.5, 0.6) is 0 Å². The number of anilines is 1. The highest BCUT2D eigenvalue weighted by Gasteiger charge is 2.22. The van der Waals surface area contributed by atoms with Crippen LogP contribution in [0.25, 0.3) is 10.8 Å². The lowest BCUT2D eigenvalue weighted by Crippen LogP contribution is -2.50. The van der Waals surface area contributed by atoms with E-state index >= 15 is 0 Å². The second-order valence-corrected chi connectivity index (χ2v) is 8.50. The van der Waals surface area contributed by atoms with Gasteiger partial charge in [-0.25, -0.2) is 0 Å². The zero-order chi connectivity index (χ0) is 24.3. The summed E-state index contributed by atoms with van der Waals surface area (Å²) in [5, 5.41) is 17.5. The maximum Gasteiger partial charge on any atom is 0.243 e. The Morgan fingerprint density at radius 1 is 1.00 bits per heavy atom. The van der Waals surface area contributed by atoms with Gasteiger partial charge in [-0.2, -0.15) is 0 Å². The molecular weight excluding hydrogens is 464 g/mol. The molecule has 0 aromatic heterocycles. The first kappa shape index (κ1) is 28.1. The molecule has 0 fully saturated rings. The van der Waals surface area contributed by atoms with Gasteiger partial charge in [-0.05, 0) is 34.9 Å². The van der Waals surface area contributed by atoms with Crippen molar-refractivity contribution >= 4 is 40.7 Å². The van der Waals surface area contributed by atoms with Gasteiger partial charge in [-0.3, -0.25) is 9.59 Å². The van der Waals surface area contributed by atoms with Crippen LogP contribution in [0, 0.1) is 0 Å². The van der Waals surface area contributed by atoms with Crippen molar-refractivity contribution in [1.29, 1.82) is 0 Å². The summed E-state index contributed by atoms with van der Waals surface area (Å²) in [7, 11) is 1.99. The van der Waals surface area contributed by atoms with Gasteiger partial charge in [0, 0.05) is 45.2 Å². The Bertz CT molecular complexity index is 1080. The summed E-state index contributed by atoms with van der Waals surface area (Å²) in [6, 6.07) is 23.3. The van der Waals surface area contributed by atoms with Crippen molar-refractivity contribution in [2.45, 2.75) is 31.4 Å². The molecule has 0 saturated carbocycles. The number of amides is 2. The Morgan fingerprint density at radius 3 is 2.40 bits per heavy atom. The molecule has 0 aliphatic heterocycles. The van der Waals surface area contributed by atoms with E-state index in [2.05, 4.69) is 15.5 Å². The fraction of sp³-hybridized carbons (Fsp3) is 0.333. The number of aliphatic hydroxyl groups excluding tert-OH is 1. The van der Waals surface area contributed by atoms with Gasteiger partial charge in [-0.1, -0.05) is 60.7 Å². The van der Waals surface area contributed by atoms with Crippen molar-refractivity contribution < 1.29 is 14.7 Å². The number of nitrogens with zero attached hydrogens (tertiary/aromatic N) is 1. The van der Waals surface area contributed by atoms with Crippen molar-refractivity contribution in [2.75, 3.05) is 31.6 Å². The highest BCUT2D eigenvalue weighted by atomic mass is 35.5. The van der Waals surface area contributed by atoms with Gasteiger partial charge in [-0.15, -0.1) is 12.4 Å². The Balaban J connectivity index is 0.00000432. The summed E-state index contributed by atoms with van der Waals surface area (Å²) >= 11 is 0. The lowest BCUT2D eigenvalue weighted by Gasteiger charge is -2.21. The van der Waals surface area contributed by atoms with E-state index in [4.69, 9.17) is 5.73 Å². The fourth-order valence-corrected chi connectivity index (χ4v) is 3.79. The molecule has 8 heteroatoms. The van der Waals surface area contributed by atoms with Crippen molar-refractivity contribution in [1.82, 2.24) is 10.6 Å². The number of para-hydroxylation sites is 1. The standard InChI is InChI=1S/C27H34N4O3.ClH/c1-31(23-10-3-2-4-11-23)15-7-12-26(33)30-25(27(34)29-19-24(32)18-28)17-20-13-14-21-8-5-6-9-22(21)16-20;/h2-6,8-11,13-14,16,24-25,32H,7,12,15,17-19,28H2,1H3,(H,29,34)(H,30,33);1H/t24?,25-;/m1./s1.